The molecule has 1 aromatic carbocycles. The predicted molar refractivity (Wildman–Crippen MR) is 86.4 cm³/mol. The highest BCUT2D eigenvalue weighted by molar-refractivity contribution is 7.21. The van der Waals surface area contributed by atoms with Crippen molar-refractivity contribution in [3.63, 3.8) is 0 Å². The van der Waals surface area contributed by atoms with Crippen molar-refractivity contribution in [3.05, 3.63) is 58.7 Å². The number of carbonyl (C=O) groups excluding carboxylic acids is 1. The fraction of sp³-hybridized carbons (Fsp3) is 0.125. The van der Waals surface area contributed by atoms with E-state index in [2.05, 4.69) is 10.3 Å². The maximum Gasteiger partial charge on any atom is 0.263 e. The average Bonchev–Trinajstić information content (AvgIpc) is 2.82. The summed E-state index contributed by atoms with van der Waals surface area (Å²) in [5.74, 6) is -0.156. The molecule has 0 aliphatic rings. The number of benzene rings is 1. The number of nitrogens with two attached hydrogens (primary N) is 1. The van der Waals surface area contributed by atoms with E-state index in [1.54, 1.807) is 6.20 Å². The van der Waals surface area contributed by atoms with Crippen LogP contribution in [0.5, 0.6) is 0 Å². The van der Waals surface area contributed by atoms with Gasteiger partial charge in [0, 0.05) is 16.3 Å². The molecule has 3 N–H and O–H groups in total. The fourth-order valence-electron chi connectivity index (χ4n) is 2.15. The van der Waals surface area contributed by atoms with E-state index in [0.29, 0.717) is 17.1 Å². The van der Waals surface area contributed by atoms with Crippen molar-refractivity contribution in [2.24, 2.45) is 0 Å². The van der Waals surface area contributed by atoms with E-state index in [1.165, 1.54) is 11.3 Å². The molecule has 21 heavy (non-hydrogen) atoms. The van der Waals surface area contributed by atoms with Gasteiger partial charge in [0.1, 0.15) is 4.88 Å². The van der Waals surface area contributed by atoms with Gasteiger partial charge in [0.05, 0.1) is 17.9 Å². The van der Waals surface area contributed by atoms with Gasteiger partial charge in [0.25, 0.3) is 5.91 Å². The van der Waals surface area contributed by atoms with Gasteiger partial charge >= 0.3 is 0 Å². The summed E-state index contributed by atoms with van der Waals surface area (Å²) in [6, 6.07) is 11.6. The Labute approximate surface area is 126 Å². The monoisotopic (exact) mass is 297 g/mol. The van der Waals surface area contributed by atoms with Crippen molar-refractivity contribution in [3.8, 4) is 0 Å². The quantitative estimate of drug-likeness (QED) is 0.780. The average molecular weight is 297 g/mol. The van der Waals surface area contributed by atoms with Crippen LogP contribution in [0, 0.1) is 6.92 Å². The van der Waals surface area contributed by atoms with Crippen LogP contribution in [0.3, 0.4) is 0 Å². The van der Waals surface area contributed by atoms with E-state index >= 15 is 0 Å². The van der Waals surface area contributed by atoms with Gasteiger partial charge in [-0.15, -0.1) is 11.3 Å². The lowest BCUT2D eigenvalue weighted by Gasteiger charge is -2.03. The zero-order valence-electron chi connectivity index (χ0n) is 11.6. The van der Waals surface area contributed by atoms with Crippen molar-refractivity contribution in [2.75, 3.05) is 5.73 Å². The molecule has 5 heteroatoms. The first-order valence-corrected chi connectivity index (χ1v) is 7.43. The first-order chi connectivity index (χ1) is 10.1. The van der Waals surface area contributed by atoms with E-state index in [1.807, 2.05) is 43.3 Å². The first-order valence-electron chi connectivity index (χ1n) is 6.62. The predicted octanol–water partition coefficient (Wildman–Crippen LogP) is 3.12. The summed E-state index contributed by atoms with van der Waals surface area (Å²) in [5, 5.41) is 3.80. The van der Waals surface area contributed by atoms with Crippen LogP contribution < -0.4 is 11.1 Å². The van der Waals surface area contributed by atoms with Gasteiger partial charge in [0.2, 0.25) is 0 Å². The van der Waals surface area contributed by atoms with Gasteiger partial charge in [-0.3, -0.25) is 9.78 Å². The number of pyridine rings is 1. The minimum Gasteiger partial charge on any atom is -0.397 e. The second-order valence-corrected chi connectivity index (χ2v) is 5.90. The molecular formula is C16H15N3OS. The maximum atomic E-state index is 12.3. The molecule has 0 aliphatic heterocycles. The summed E-state index contributed by atoms with van der Waals surface area (Å²) < 4.78 is 1.04. The van der Waals surface area contributed by atoms with Crippen LogP contribution in [0.4, 0.5) is 5.69 Å². The molecule has 3 rings (SSSR count). The van der Waals surface area contributed by atoms with Crippen LogP contribution in [-0.2, 0) is 6.54 Å². The van der Waals surface area contributed by atoms with Gasteiger partial charge in [-0.2, -0.15) is 0 Å². The molecule has 0 spiro atoms. The van der Waals surface area contributed by atoms with Crippen molar-refractivity contribution >= 4 is 33.0 Å². The van der Waals surface area contributed by atoms with Crippen LogP contribution >= 0.6 is 11.3 Å². The number of anilines is 1. The van der Waals surface area contributed by atoms with Crippen molar-refractivity contribution in [2.45, 2.75) is 13.5 Å². The maximum absolute atomic E-state index is 12.3. The summed E-state index contributed by atoms with van der Waals surface area (Å²) in [5.41, 5.74) is 8.62. The second-order valence-electron chi connectivity index (χ2n) is 4.85. The minimum absolute atomic E-state index is 0.156. The lowest BCUT2D eigenvalue weighted by molar-refractivity contribution is 0.0955. The third kappa shape index (κ3) is 2.73. The highest BCUT2D eigenvalue weighted by atomic mass is 32.1. The number of aryl methyl sites for hydroxylation is 1. The van der Waals surface area contributed by atoms with Crippen LogP contribution in [-0.4, -0.2) is 10.9 Å². The van der Waals surface area contributed by atoms with Gasteiger partial charge in [0.15, 0.2) is 0 Å². The van der Waals surface area contributed by atoms with Crippen molar-refractivity contribution in [1.29, 1.82) is 0 Å². The number of thiophene rings is 1. The van der Waals surface area contributed by atoms with E-state index in [4.69, 9.17) is 5.73 Å². The first kappa shape index (κ1) is 13.6. The van der Waals surface area contributed by atoms with E-state index in [0.717, 1.165) is 21.3 Å². The number of aromatic nitrogens is 1. The van der Waals surface area contributed by atoms with E-state index in [-0.39, 0.29) is 5.91 Å². The Balaban J connectivity index is 1.83. The number of hydrogen-bond acceptors (Lipinski definition) is 4. The molecule has 4 nitrogen and oxygen atoms in total. The van der Waals surface area contributed by atoms with Crippen LogP contribution in [0.2, 0.25) is 0 Å². The molecule has 0 saturated carbocycles. The molecule has 0 aliphatic carbocycles. The number of hydrogen-bond donors (Lipinski definition) is 2. The minimum atomic E-state index is -0.156. The zero-order chi connectivity index (χ0) is 14.8. The summed E-state index contributed by atoms with van der Waals surface area (Å²) in [6.45, 7) is 2.42. The highest BCUT2D eigenvalue weighted by Crippen LogP contribution is 2.34. The molecule has 0 saturated heterocycles. The van der Waals surface area contributed by atoms with Crippen LogP contribution in [0.25, 0.3) is 10.1 Å². The lowest BCUT2D eigenvalue weighted by atomic mass is 10.1. The number of fused-ring (bicyclic) bond motifs is 1. The Morgan fingerprint density at radius 2 is 2.19 bits per heavy atom. The van der Waals surface area contributed by atoms with Crippen molar-refractivity contribution < 1.29 is 4.79 Å². The van der Waals surface area contributed by atoms with E-state index < -0.39 is 0 Å². The molecule has 0 fully saturated rings. The van der Waals surface area contributed by atoms with Gasteiger partial charge in [-0.05, 0) is 30.7 Å². The Hall–Kier alpha value is -2.40. The number of rotatable bonds is 3. The summed E-state index contributed by atoms with van der Waals surface area (Å²) in [7, 11) is 0. The SMILES string of the molecule is Cc1ccc2c(N)c(C(=O)NCc3ccccn3)sc2c1. The smallest absolute Gasteiger partial charge is 0.263 e. The standard InChI is InChI=1S/C16H15N3OS/c1-10-5-6-12-13(8-10)21-15(14(12)17)16(20)19-9-11-4-2-3-7-18-11/h2-8H,9,17H2,1H3,(H,19,20). The molecule has 2 heterocycles. The third-order valence-corrected chi connectivity index (χ3v) is 4.41. The normalized spacial score (nSPS) is 10.7. The zero-order valence-corrected chi connectivity index (χ0v) is 12.4. The molecule has 2 aromatic heterocycles. The van der Waals surface area contributed by atoms with Crippen LogP contribution in [0.15, 0.2) is 42.6 Å². The van der Waals surface area contributed by atoms with Crippen molar-refractivity contribution in [1.82, 2.24) is 10.3 Å². The summed E-state index contributed by atoms with van der Waals surface area (Å²) >= 11 is 1.42. The lowest BCUT2D eigenvalue weighted by Crippen LogP contribution is -2.23. The molecule has 1 amide bonds. The summed E-state index contributed by atoms with van der Waals surface area (Å²) in [6.07, 6.45) is 1.71. The molecule has 0 atom stereocenters. The number of amides is 1. The Morgan fingerprint density at radius 1 is 1.33 bits per heavy atom. The topological polar surface area (TPSA) is 68.0 Å². The Kier molecular flexibility index (Phi) is 3.58. The Morgan fingerprint density at radius 3 is 2.95 bits per heavy atom. The third-order valence-electron chi connectivity index (χ3n) is 3.25. The number of nitrogen functional groups attached to an aromatic ring is 1. The fourth-order valence-corrected chi connectivity index (χ4v) is 3.28. The number of nitrogens with zero attached hydrogens (tertiary/aromatic N) is 1. The molecule has 3 aromatic rings. The molecule has 106 valence electrons. The van der Waals surface area contributed by atoms with Gasteiger partial charge < -0.3 is 11.1 Å². The molecular weight excluding hydrogens is 282 g/mol. The number of carbonyl (C=O) groups is 1. The summed E-state index contributed by atoms with van der Waals surface area (Å²) in [4.78, 5) is 17.0. The van der Waals surface area contributed by atoms with Gasteiger partial charge in [-0.1, -0.05) is 18.2 Å². The second kappa shape index (κ2) is 5.54. The molecule has 0 radical (unpaired) electrons. The Bertz CT molecular complexity index is 796. The van der Waals surface area contributed by atoms with Crippen LogP contribution in [0.1, 0.15) is 20.9 Å². The number of nitrogens with one attached hydrogen (secondary N) is 1. The molecule has 0 bridgehead atoms. The highest BCUT2D eigenvalue weighted by Gasteiger charge is 2.16. The van der Waals surface area contributed by atoms with E-state index in [9.17, 15) is 4.79 Å². The van der Waals surface area contributed by atoms with Gasteiger partial charge in [-0.25, -0.2) is 0 Å². The molecule has 0 unspecified atom stereocenters. The largest absolute Gasteiger partial charge is 0.397 e.